The van der Waals surface area contributed by atoms with Crippen LogP contribution in [0.4, 0.5) is 0 Å². The average Bonchev–Trinajstić information content (AvgIpc) is 2.65. The SMILES string of the molecule is CCC(C(=O)NC1CCC(OC)C1)C(N)=S. The molecular formula is C11H20N2O2S. The molecule has 0 bridgehead atoms. The lowest BCUT2D eigenvalue weighted by molar-refractivity contribution is -0.123. The summed E-state index contributed by atoms with van der Waals surface area (Å²) in [5, 5.41) is 2.99. The normalized spacial score (nSPS) is 26.4. The van der Waals surface area contributed by atoms with Gasteiger partial charge in [0, 0.05) is 13.2 Å². The van der Waals surface area contributed by atoms with Crippen LogP contribution in [0.1, 0.15) is 32.6 Å². The van der Waals surface area contributed by atoms with Crippen LogP contribution in [-0.4, -0.2) is 30.2 Å². The topological polar surface area (TPSA) is 64.3 Å². The third-order valence-electron chi connectivity index (χ3n) is 3.13. The van der Waals surface area contributed by atoms with Gasteiger partial charge in [0.05, 0.1) is 17.0 Å². The van der Waals surface area contributed by atoms with Crippen LogP contribution < -0.4 is 11.1 Å². The van der Waals surface area contributed by atoms with Crippen LogP contribution in [0.2, 0.25) is 0 Å². The molecule has 92 valence electrons. The summed E-state index contributed by atoms with van der Waals surface area (Å²) in [5.74, 6) is -0.381. The summed E-state index contributed by atoms with van der Waals surface area (Å²) in [6.07, 6.45) is 3.79. The van der Waals surface area contributed by atoms with E-state index in [9.17, 15) is 4.79 Å². The highest BCUT2D eigenvalue weighted by Crippen LogP contribution is 2.21. The van der Waals surface area contributed by atoms with Gasteiger partial charge in [-0.25, -0.2) is 0 Å². The summed E-state index contributed by atoms with van der Waals surface area (Å²) in [4.78, 5) is 12.1. The first-order valence-electron chi connectivity index (χ1n) is 5.71. The van der Waals surface area contributed by atoms with E-state index < -0.39 is 0 Å². The maximum Gasteiger partial charge on any atom is 0.230 e. The van der Waals surface area contributed by atoms with Gasteiger partial charge in [-0.15, -0.1) is 0 Å². The van der Waals surface area contributed by atoms with Gasteiger partial charge in [-0.1, -0.05) is 19.1 Å². The number of hydrogen-bond acceptors (Lipinski definition) is 3. The van der Waals surface area contributed by atoms with Crippen molar-refractivity contribution in [3.05, 3.63) is 0 Å². The minimum atomic E-state index is -0.336. The highest BCUT2D eigenvalue weighted by atomic mass is 32.1. The summed E-state index contributed by atoms with van der Waals surface area (Å²) in [6, 6.07) is 0.209. The van der Waals surface area contributed by atoms with E-state index in [1.165, 1.54) is 0 Å². The van der Waals surface area contributed by atoms with Gasteiger partial charge in [0.25, 0.3) is 0 Å². The van der Waals surface area contributed by atoms with Crippen LogP contribution in [0.5, 0.6) is 0 Å². The first-order valence-corrected chi connectivity index (χ1v) is 6.11. The van der Waals surface area contributed by atoms with Crippen LogP contribution in [0.15, 0.2) is 0 Å². The standard InChI is InChI=1S/C11H20N2O2S/c1-3-9(10(12)16)11(14)13-7-4-5-8(6-7)15-2/h7-9H,3-6H2,1-2H3,(H2,12,16)(H,13,14). The van der Waals surface area contributed by atoms with E-state index in [0.29, 0.717) is 6.42 Å². The Balaban J connectivity index is 2.42. The Morgan fingerprint density at radius 1 is 1.62 bits per heavy atom. The molecule has 1 aliphatic carbocycles. The monoisotopic (exact) mass is 244 g/mol. The van der Waals surface area contributed by atoms with Gasteiger partial charge in [0.2, 0.25) is 5.91 Å². The fourth-order valence-electron chi connectivity index (χ4n) is 2.10. The number of methoxy groups -OCH3 is 1. The first-order chi connectivity index (χ1) is 7.58. The molecule has 3 N–H and O–H groups in total. The minimum absolute atomic E-state index is 0.0447. The summed E-state index contributed by atoms with van der Waals surface area (Å²) in [5.41, 5.74) is 5.52. The molecule has 16 heavy (non-hydrogen) atoms. The third-order valence-corrected chi connectivity index (χ3v) is 3.42. The molecule has 0 aromatic rings. The number of nitrogens with two attached hydrogens (primary N) is 1. The summed E-state index contributed by atoms with van der Waals surface area (Å²) in [6.45, 7) is 1.91. The minimum Gasteiger partial charge on any atom is -0.393 e. The molecule has 0 saturated heterocycles. The van der Waals surface area contributed by atoms with E-state index in [-0.39, 0.29) is 29.0 Å². The Morgan fingerprint density at radius 2 is 2.31 bits per heavy atom. The molecule has 5 heteroatoms. The van der Waals surface area contributed by atoms with Crippen molar-refractivity contribution in [2.45, 2.75) is 44.8 Å². The lowest BCUT2D eigenvalue weighted by Gasteiger charge is -2.17. The van der Waals surface area contributed by atoms with E-state index in [4.69, 9.17) is 22.7 Å². The molecule has 0 aromatic carbocycles. The summed E-state index contributed by atoms with van der Waals surface area (Å²) in [7, 11) is 1.71. The molecule has 1 aliphatic rings. The maximum atomic E-state index is 11.8. The Hall–Kier alpha value is -0.680. The van der Waals surface area contributed by atoms with E-state index in [0.717, 1.165) is 19.3 Å². The largest absolute Gasteiger partial charge is 0.393 e. The lowest BCUT2D eigenvalue weighted by Crippen LogP contribution is -2.42. The highest BCUT2D eigenvalue weighted by Gasteiger charge is 2.28. The van der Waals surface area contributed by atoms with Gasteiger partial charge in [-0.05, 0) is 25.7 Å². The van der Waals surface area contributed by atoms with Gasteiger partial charge in [0.1, 0.15) is 0 Å². The number of hydrogen-bond donors (Lipinski definition) is 2. The van der Waals surface area contributed by atoms with Gasteiger partial charge in [-0.3, -0.25) is 4.79 Å². The molecule has 0 heterocycles. The average molecular weight is 244 g/mol. The van der Waals surface area contributed by atoms with Crippen molar-refractivity contribution in [1.29, 1.82) is 0 Å². The van der Waals surface area contributed by atoms with Crippen molar-refractivity contribution in [2.75, 3.05) is 7.11 Å². The molecule has 0 aliphatic heterocycles. The van der Waals surface area contributed by atoms with Crippen molar-refractivity contribution < 1.29 is 9.53 Å². The zero-order chi connectivity index (χ0) is 12.1. The molecule has 0 radical (unpaired) electrons. The van der Waals surface area contributed by atoms with Crippen molar-refractivity contribution in [3.63, 3.8) is 0 Å². The van der Waals surface area contributed by atoms with Crippen LogP contribution in [0, 0.1) is 5.92 Å². The zero-order valence-electron chi connectivity index (χ0n) is 9.86. The predicted molar refractivity (Wildman–Crippen MR) is 67.1 cm³/mol. The molecule has 3 unspecified atom stereocenters. The third kappa shape index (κ3) is 3.42. The van der Waals surface area contributed by atoms with E-state index in [1.807, 2.05) is 6.92 Å². The maximum absolute atomic E-state index is 11.8. The smallest absolute Gasteiger partial charge is 0.230 e. The summed E-state index contributed by atoms with van der Waals surface area (Å²) >= 11 is 4.87. The molecule has 3 atom stereocenters. The predicted octanol–water partition coefficient (Wildman–Crippen LogP) is 0.982. The number of thiocarbonyl (C=S) groups is 1. The second-order valence-electron chi connectivity index (χ2n) is 4.24. The fraction of sp³-hybridized carbons (Fsp3) is 0.818. The van der Waals surface area contributed by atoms with Crippen molar-refractivity contribution in [1.82, 2.24) is 5.32 Å². The second-order valence-corrected chi connectivity index (χ2v) is 4.71. The Morgan fingerprint density at radius 3 is 2.75 bits per heavy atom. The Labute approximate surface area is 102 Å². The van der Waals surface area contributed by atoms with Crippen molar-refractivity contribution >= 4 is 23.1 Å². The molecule has 1 fully saturated rings. The van der Waals surface area contributed by atoms with Gasteiger partial charge in [-0.2, -0.15) is 0 Å². The zero-order valence-corrected chi connectivity index (χ0v) is 10.7. The van der Waals surface area contributed by atoms with Crippen LogP contribution in [-0.2, 0) is 9.53 Å². The fourth-order valence-corrected chi connectivity index (χ4v) is 2.38. The van der Waals surface area contributed by atoms with E-state index in [1.54, 1.807) is 7.11 Å². The molecular weight excluding hydrogens is 224 g/mol. The van der Waals surface area contributed by atoms with Crippen molar-refractivity contribution in [3.8, 4) is 0 Å². The first kappa shape index (κ1) is 13.4. The number of amides is 1. The molecule has 1 rings (SSSR count). The quantitative estimate of drug-likeness (QED) is 0.708. The number of carbonyl (C=O) groups excluding carboxylic acids is 1. The highest BCUT2D eigenvalue weighted by molar-refractivity contribution is 7.80. The van der Waals surface area contributed by atoms with E-state index in [2.05, 4.69) is 5.32 Å². The molecule has 0 aromatic heterocycles. The van der Waals surface area contributed by atoms with E-state index >= 15 is 0 Å². The molecule has 1 saturated carbocycles. The number of carbonyl (C=O) groups is 1. The Kier molecular flexibility index (Phi) is 5.15. The lowest BCUT2D eigenvalue weighted by atomic mass is 10.1. The second kappa shape index (κ2) is 6.15. The van der Waals surface area contributed by atoms with Crippen molar-refractivity contribution in [2.24, 2.45) is 11.7 Å². The van der Waals surface area contributed by atoms with Gasteiger partial charge < -0.3 is 15.8 Å². The van der Waals surface area contributed by atoms with Crippen LogP contribution in [0.25, 0.3) is 0 Å². The van der Waals surface area contributed by atoms with Crippen LogP contribution >= 0.6 is 12.2 Å². The molecule has 4 nitrogen and oxygen atoms in total. The molecule has 1 amide bonds. The molecule has 0 spiro atoms. The van der Waals surface area contributed by atoms with Gasteiger partial charge >= 0.3 is 0 Å². The van der Waals surface area contributed by atoms with Gasteiger partial charge in [0.15, 0.2) is 0 Å². The Bertz CT molecular complexity index is 271. The van der Waals surface area contributed by atoms with Crippen LogP contribution in [0.3, 0.4) is 0 Å². The summed E-state index contributed by atoms with van der Waals surface area (Å²) < 4.78 is 5.26. The number of nitrogens with one attached hydrogen (secondary N) is 1. The number of ether oxygens (including phenoxy) is 1. The number of rotatable bonds is 5.